The zero-order valence-electron chi connectivity index (χ0n) is 15.8. The Morgan fingerprint density at radius 1 is 1.11 bits per heavy atom. The summed E-state index contributed by atoms with van der Waals surface area (Å²) < 4.78 is 1.11. The van der Waals surface area contributed by atoms with E-state index >= 15 is 0 Å². The second-order valence-electron chi connectivity index (χ2n) is 6.90. The van der Waals surface area contributed by atoms with Crippen molar-refractivity contribution in [2.45, 2.75) is 32.7 Å². The van der Waals surface area contributed by atoms with E-state index < -0.39 is 0 Å². The fourth-order valence-electron chi connectivity index (χ4n) is 3.11. The average molecular weight is 408 g/mol. The molecule has 0 spiro atoms. The Balaban J connectivity index is 1.73. The van der Waals surface area contributed by atoms with Crippen molar-refractivity contribution in [3.63, 3.8) is 0 Å². The van der Waals surface area contributed by atoms with Crippen molar-refractivity contribution in [2.24, 2.45) is 0 Å². The number of carbonyl (C=O) groups excluding carboxylic acids is 1. The minimum Gasteiger partial charge on any atom is -0.282 e. The summed E-state index contributed by atoms with van der Waals surface area (Å²) in [4.78, 5) is 25.3. The van der Waals surface area contributed by atoms with Gasteiger partial charge in [-0.3, -0.25) is 14.7 Å². The van der Waals surface area contributed by atoms with Crippen molar-refractivity contribution in [3.05, 3.63) is 76.2 Å². The molecule has 0 aliphatic rings. The van der Waals surface area contributed by atoms with Crippen LogP contribution in [0.5, 0.6) is 0 Å². The Morgan fingerprint density at radius 3 is 2.71 bits per heavy atom. The molecule has 0 N–H and O–H groups in total. The third kappa shape index (κ3) is 3.98. The van der Waals surface area contributed by atoms with Gasteiger partial charge in [0, 0.05) is 11.1 Å². The summed E-state index contributed by atoms with van der Waals surface area (Å²) in [5.74, 6) is 0.419. The molecule has 4 aromatic rings. The fraction of sp³-hybridized carbons (Fsp3) is 0.227. The molecule has 3 heterocycles. The number of aromatic nitrogens is 2. The normalized spacial score (nSPS) is 11.2. The first kappa shape index (κ1) is 18.8. The van der Waals surface area contributed by atoms with Crippen molar-refractivity contribution in [1.29, 1.82) is 0 Å². The number of anilines is 1. The van der Waals surface area contributed by atoms with Crippen molar-refractivity contribution < 1.29 is 4.79 Å². The lowest BCUT2D eigenvalue weighted by Crippen LogP contribution is -2.31. The molecule has 0 aliphatic heterocycles. The largest absolute Gasteiger partial charge is 0.282 e. The molecule has 28 heavy (non-hydrogen) atoms. The van der Waals surface area contributed by atoms with Crippen LogP contribution in [0.4, 0.5) is 5.13 Å². The van der Waals surface area contributed by atoms with Crippen LogP contribution in [0.25, 0.3) is 10.2 Å². The van der Waals surface area contributed by atoms with E-state index in [4.69, 9.17) is 4.98 Å². The average Bonchev–Trinajstić information content (AvgIpc) is 3.35. The molecule has 4 rings (SSSR count). The summed E-state index contributed by atoms with van der Waals surface area (Å²) >= 11 is 3.17. The summed E-state index contributed by atoms with van der Waals surface area (Å²) in [7, 11) is 0. The molecule has 1 aromatic carbocycles. The Bertz CT molecular complexity index is 1070. The molecular formula is C22H21N3OS2. The quantitative estimate of drug-likeness (QED) is 0.415. The number of hydrogen-bond acceptors (Lipinski definition) is 5. The second-order valence-corrected chi connectivity index (χ2v) is 8.94. The summed E-state index contributed by atoms with van der Waals surface area (Å²) in [6.07, 6.45) is 2.13. The van der Waals surface area contributed by atoms with E-state index in [2.05, 4.69) is 37.0 Å². The van der Waals surface area contributed by atoms with Gasteiger partial charge in [-0.05, 0) is 41.1 Å². The Hall–Kier alpha value is -2.57. The van der Waals surface area contributed by atoms with Crippen molar-refractivity contribution >= 4 is 43.9 Å². The topological polar surface area (TPSA) is 46.1 Å². The molecule has 3 aromatic heterocycles. The van der Waals surface area contributed by atoms with Crippen LogP contribution in [0, 0.1) is 0 Å². The maximum atomic E-state index is 13.2. The van der Waals surface area contributed by atoms with E-state index in [9.17, 15) is 4.79 Å². The number of para-hydroxylation sites is 1. The van der Waals surface area contributed by atoms with Gasteiger partial charge >= 0.3 is 0 Å². The zero-order chi connectivity index (χ0) is 19.5. The molecule has 0 atom stereocenters. The molecule has 0 fully saturated rings. The van der Waals surface area contributed by atoms with E-state index in [0.717, 1.165) is 25.9 Å². The SMILES string of the molecule is CC(C)c1cccc2sc(N(Cc3ccccn3)C(=O)Cc3cccs3)nc12. The van der Waals surface area contributed by atoms with E-state index in [1.54, 1.807) is 33.8 Å². The van der Waals surface area contributed by atoms with Gasteiger partial charge in [0.25, 0.3) is 0 Å². The van der Waals surface area contributed by atoms with Crippen molar-refractivity contribution in [2.75, 3.05) is 4.90 Å². The van der Waals surface area contributed by atoms with Crippen LogP contribution in [-0.2, 0) is 17.8 Å². The molecule has 0 aliphatic carbocycles. The highest BCUT2D eigenvalue weighted by molar-refractivity contribution is 7.22. The van der Waals surface area contributed by atoms with Gasteiger partial charge in [-0.15, -0.1) is 11.3 Å². The number of rotatable bonds is 6. The zero-order valence-corrected chi connectivity index (χ0v) is 17.5. The smallest absolute Gasteiger partial charge is 0.234 e. The summed E-state index contributed by atoms with van der Waals surface area (Å²) in [5, 5.41) is 2.73. The maximum absolute atomic E-state index is 13.2. The molecule has 142 valence electrons. The Kier molecular flexibility index (Phi) is 5.50. The lowest BCUT2D eigenvalue weighted by molar-refractivity contribution is -0.118. The standard InChI is InChI=1S/C22H21N3OS2/c1-15(2)18-9-5-10-19-21(18)24-22(28-19)25(14-16-7-3-4-11-23-16)20(26)13-17-8-6-12-27-17/h3-12,15H,13-14H2,1-2H3. The summed E-state index contributed by atoms with van der Waals surface area (Å²) in [6, 6.07) is 16.0. The van der Waals surface area contributed by atoms with Crippen LogP contribution >= 0.6 is 22.7 Å². The highest BCUT2D eigenvalue weighted by Gasteiger charge is 2.22. The number of nitrogens with zero attached hydrogens (tertiary/aromatic N) is 3. The van der Waals surface area contributed by atoms with E-state index in [1.807, 2.05) is 35.7 Å². The van der Waals surface area contributed by atoms with Gasteiger partial charge in [-0.25, -0.2) is 4.98 Å². The second kappa shape index (κ2) is 8.20. The molecular weight excluding hydrogens is 386 g/mol. The van der Waals surface area contributed by atoms with E-state index in [1.165, 1.54) is 5.56 Å². The lowest BCUT2D eigenvalue weighted by Gasteiger charge is -2.19. The summed E-state index contributed by atoms with van der Waals surface area (Å²) in [6.45, 7) is 4.75. The maximum Gasteiger partial charge on any atom is 0.234 e. The molecule has 0 saturated heterocycles. The van der Waals surface area contributed by atoms with Crippen LogP contribution < -0.4 is 4.90 Å². The molecule has 1 amide bonds. The summed E-state index contributed by atoms with van der Waals surface area (Å²) in [5.41, 5.74) is 3.06. The van der Waals surface area contributed by atoms with Gasteiger partial charge in [0.05, 0.1) is 28.9 Å². The van der Waals surface area contributed by atoms with Gasteiger partial charge in [-0.2, -0.15) is 0 Å². The minimum atomic E-state index is 0.0401. The van der Waals surface area contributed by atoms with Crippen LogP contribution in [0.15, 0.2) is 60.1 Å². The van der Waals surface area contributed by atoms with Crippen molar-refractivity contribution in [3.8, 4) is 0 Å². The van der Waals surface area contributed by atoms with Crippen LogP contribution in [0.1, 0.15) is 35.9 Å². The first-order chi connectivity index (χ1) is 13.6. The third-order valence-electron chi connectivity index (χ3n) is 4.54. The number of benzene rings is 1. The number of amides is 1. The molecule has 4 nitrogen and oxygen atoms in total. The number of thiazole rings is 1. The molecule has 6 heteroatoms. The highest BCUT2D eigenvalue weighted by atomic mass is 32.1. The highest BCUT2D eigenvalue weighted by Crippen LogP contribution is 2.34. The number of hydrogen-bond donors (Lipinski definition) is 0. The number of fused-ring (bicyclic) bond motifs is 1. The van der Waals surface area contributed by atoms with E-state index in [-0.39, 0.29) is 5.91 Å². The van der Waals surface area contributed by atoms with Crippen LogP contribution in [0.2, 0.25) is 0 Å². The van der Waals surface area contributed by atoms with E-state index in [0.29, 0.717) is 18.9 Å². The third-order valence-corrected chi connectivity index (χ3v) is 6.46. The number of pyridine rings is 1. The predicted octanol–water partition coefficient (Wildman–Crippen LogP) is 5.65. The lowest BCUT2D eigenvalue weighted by atomic mass is 10.0. The van der Waals surface area contributed by atoms with Gasteiger partial charge < -0.3 is 0 Å². The van der Waals surface area contributed by atoms with Crippen molar-refractivity contribution in [1.82, 2.24) is 9.97 Å². The van der Waals surface area contributed by atoms with Gasteiger partial charge in [0.1, 0.15) is 0 Å². The Labute approximate surface area is 172 Å². The van der Waals surface area contributed by atoms with Gasteiger partial charge in [0.2, 0.25) is 5.91 Å². The van der Waals surface area contributed by atoms with Gasteiger partial charge in [0.15, 0.2) is 5.13 Å². The van der Waals surface area contributed by atoms with Crippen LogP contribution in [-0.4, -0.2) is 15.9 Å². The Morgan fingerprint density at radius 2 is 2.00 bits per heavy atom. The van der Waals surface area contributed by atoms with Gasteiger partial charge in [-0.1, -0.05) is 49.4 Å². The minimum absolute atomic E-state index is 0.0401. The first-order valence-corrected chi connectivity index (χ1v) is 10.9. The molecule has 0 unspecified atom stereocenters. The predicted molar refractivity (Wildman–Crippen MR) is 117 cm³/mol. The number of carbonyl (C=O) groups is 1. The van der Waals surface area contributed by atoms with Crippen LogP contribution in [0.3, 0.4) is 0 Å². The first-order valence-electron chi connectivity index (χ1n) is 9.24. The molecule has 0 saturated carbocycles. The number of thiophene rings is 1. The monoisotopic (exact) mass is 407 g/mol. The molecule has 0 bridgehead atoms. The molecule has 0 radical (unpaired) electrons. The fourth-order valence-corrected chi connectivity index (χ4v) is 4.83.